The molecule has 0 radical (unpaired) electrons. The molecule has 5 nitrogen and oxygen atoms in total. The number of methoxy groups -OCH3 is 1. The van der Waals surface area contributed by atoms with Gasteiger partial charge >= 0.3 is 0 Å². The maximum atomic E-state index is 5.65. The molecule has 0 bridgehead atoms. The van der Waals surface area contributed by atoms with E-state index >= 15 is 0 Å². The van der Waals surface area contributed by atoms with Gasteiger partial charge in [0.15, 0.2) is 0 Å². The molecule has 0 aliphatic carbocycles. The Hall–Kier alpha value is -1.40. The minimum absolute atomic E-state index is 0.0970. The maximum absolute atomic E-state index is 5.65. The first-order valence-electron chi connectivity index (χ1n) is 6.19. The number of rotatable bonds is 5. The highest BCUT2D eigenvalue weighted by Gasteiger charge is 2.15. The molecule has 0 fully saturated rings. The van der Waals surface area contributed by atoms with Gasteiger partial charge in [0, 0.05) is 18.5 Å². The largest absolute Gasteiger partial charge is 0.495 e. The summed E-state index contributed by atoms with van der Waals surface area (Å²) >= 11 is 1.53. The smallest absolute Gasteiger partial charge is 0.261 e. The first-order chi connectivity index (χ1) is 8.99. The van der Waals surface area contributed by atoms with Gasteiger partial charge in [0.1, 0.15) is 10.6 Å². The van der Waals surface area contributed by atoms with E-state index in [1.807, 2.05) is 11.4 Å². The van der Waals surface area contributed by atoms with Crippen molar-refractivity contribution in [1.82, 2.24) is 15.5 Å². The summed E-state index contributed by atoms with van der Waals surface area (Å²) in [7, 11) is 1.64. The van der Waals surface area contributed by atoms with Crippen LogP contribution in [0.15, 0.2) is 15.9 Å². The number of aromatic nitrogens is 2. The molecule has 0 aliphatic heterocycles. The molecule has 0 unspecified atom stereocenters. The third-order valence-corrected chi connectivity index (χ3v) is 3.39. The SMILES string of the molecule is COc1ccsc1-c1nnc(CCNC(C)(C)C)o1. The quantitative estimate of drug-likeness (QED) is 0.913. The first kappa shape index (κ1) is 14.0. The Morgan fingerprint density at radius 3 is 2.84 bits per heavy atom. The van der Waals surface area contributed by atoms with Crippen molar-refractivity contribution in [2.24, 2.45) is 0 Å². The monoisotopic (exact) mass is 281 g/mol. The minimum Gasteiger partial charge on any atom is -0.495 e. The summed E-state index contributed by atoms with van der Waals surface area (Å²) in [4.78, 5) is 0.880. The van der Waals surface area contributed by atoms with E-state index in [1.54, 1.807) is 7.11 Å². The molecule has 0 saturated carbocycles. The van der Waals surface area contributed by atoms with Gasteiger partial charge in [0.05, 0.1) is 7.11 Å². The fourth-order valence-electron chi connectivity index (χ4n) is 1.60. The van der Waals surface area contributed by atoms with Crippen LogP contribution in [0.3, 0.4) is 0 Å². The maximum Gasteiger partial charge on any atom is 0.261 e. The third-order valence-electron chi connectivity index (χ3n) is 2.50. The van der Waals surface area contributed by atoms with Crippen LogP contribution in [0.4, 0.5) is 0 Å². The molecule has 0 spiro atoms. The number of nitrogens with one attached hydrogen (secondary N) is 1. The molecule has 0 atom stereocenters. The molecule has 2 heterocycles. The number of hydrogen-bond donors (Lipinski definition) is 1. The van der Waals surface area contributed by atoms with E-state index in [9.17, 15) is 0 Å². The normalized spacial score (nSPS) is 11.8. The van der Waals surface area contributed by atoms with Crippen LogP contribution in [-0.2, 0) is 6.42 Å². The summed E-state index contributed by atoms with van der Waals surface area (Å²) in [5.74, 6) is 1.94. The van der Waals surface area contributed by atoms with Crippen molar-refractivity contribution in [3.8, 4) is 16.5 Å². The predicted molar refractivity (Wildman–Crippen MR) is 75.6 cm³/mol. The lowest BCUT2D eigenvalue weighted by molar-refractivity contribution is 0.408. The Morgan fingerprint density at radius 2 is 2.16 bits per heavy atom. The molecule has 0 saturated heterocycles. The Bertz CT molecular complexity index is 528. The van der Waals surface area contributed by atoms with Crippen molar-refractivity contribution in [3.63, 3.8) is 0 Å². The summed E-state index contributed by atoms with van der Waals surface area (Å²) in [6.07, 6.45) is 0.720. The van der Waals surface area contributed by atoms with E-state index in [1.165, 1.54) is 11.3 Å². The molecule has 2 aromatic rings. The second kappa shape index (κ2) is 5.71. The number of thiophene rings is 1. The second-order valence-electron chi connectivity index (χ2n) is 5.25. The van der Waals surface area contributed by atoms with Gasteiger partial charge in [0.2, 0.25) is 5.89 Å². The van der Waals surface area contributed by atoms with E-state index in [4.69, 9.17) is 9.15 Å². The van der Waals surface area contributed by atoms with Crippen LogP contribution < -0.4 is 10.1 Å². The zero-order chi connectivity index (χ0) is 13.9. The Morgan fingerprint density at radius 1 is 1.37 bits per heavy atom. The van der Waals surface area contributed by atoms with Crippen molar-refractivity contribution >= 4 is 11.3 Å². The second-order valence-corrected chi connectivity index (χ2v) is 6.16. The zero-order valence-corrected chi connectivity index (χ0v) is 12.5. The van der Waals surface area contributed by atoms with Crippen LogP contribution in [0.25, 0.3) is 10.8 Å². The van der Waals surface area contributed by atoms with Gasteiger partial charge in [-0.05, 0) is 32.2 Å². The van der Waals surface area contributed by atoms with Crippen molar-refractivity contribution < 1.29 is 9.15 Å². The molecular formula is C13H19N3O2S. The lowest BCUT2D eigenvalue weighted by Gasteiger charge is -2.19. The van der Waals surface area contributed by atoms with Gasteiger partial charge < -0.3 is 14.5 Å². The summed E-state index contributed by atoms with van der Waals surface area (Å²) in [6, 6.07) is 1.89. The van der Waals surface area contributed by atoms with Gasteiger partial charge in [0.25, 0.3) is 5.89 Å². The molecule has 0 aromatic carbocycles. The molecule has 0 amide bonds. The van der Waals surface area contributed by atoms with Crippen molar-refractivity contribution in [3.05, 3.63) is 17.3 Å². The topological polar surface area (TPSA) is 60.2 Å². The lowest BCUT2D eigenvalue weighted by Crippen LogP contribution is -2.37. The van der Waals surface area contributed by atoms with Gasteiger partial charge in [-0.15, -0.1) is 21.5 Å². The number of nitrogens with zero attached hydrogens (tertiary/aromatic N) is 2. The van der Waals surface area contributed by atoms with Crippen molar-refractivity contribution in [2.45, 2.75) is 32.7 Å². The number of ether oxygens (including phenoxy) is 1. The van der Waals surface area contributed by atoms with Crippen LogP contribution >= 0.6 is 11.3 Å². The Kier molecular flexibility index (Phi) is 4.21. The molecule has 2 rings (SSSR count). The fraction of sp³-hybridized carbons (Fsp3) is 0.538. The van der Waals surface area contributed by atoms with E-state index in [0.29, 0.717) is 11.8 Å². The van der Waals surface area contributed by atoms with Crippen LogP contribution in [0.5, 0.6) is 5.75 Å². The molecule has 19 heavy (non-hydrogen) atoms. The van der Waals surface area contributed by atoms with Crippen LogP contribution in [0.2, 0.25) is 0 Å². The van der Waals surface area contributed by atoms with E-state index in [2.05, 4.69) is 36.3 Å². The van der Waals surface area contributed by atoms with Gasteiger partial charge in [-0.1, -0.05) is 0 Å². The summed E-state index contributed by atoms with van der Waals surface area (Å²) in [5.41, 5.74) is 0.0970. The average molecular weight is 281 g/mol. The number of hydrogen-bond acceptors (Lipinski definition) is 6. The molecule has 2 aromatic heterocycles. The molecule has 1 N–H and O–H groups in total. The first-order valence-corrected chi connectivity index (χ1v) is 7.07. The predicted octanol–water partition coefficient (Wildman–Crippen LogP) is 2.74. The molecular weight excluding hydrogens is 262 g/mol. The van der Waals surface area contributed by atoms with Crippen LogP contribution in [-0.4, -0.2) is 29.4 Å². The highest BCUT2D eigenvalue weighted by atomic mass is 32.1. The van der Waals surface area contributed by atoms with E-state index in [-0.39, 0.29) is 5.54 Å². The van der Waals surface area contributed by atoms with Gasteiger partial charge in [-0.25, -0.2) is 0 Å². The molecule has 0 aliphatic rings. The molecule has 104 valence electrons. The van der Waals surface area contributed by atoms with Crippen molar-refractivity contribution in [2.75, 3.05) is 13.7 Å². The lowest BCUT2D eigenvalue weighted by atomic mass is 10.1. The van der Waals surface area contributed by atoms with Crippen LogP contribution in [0, 0.1) is 0 Å². The minimum atomic E-state index is 0.0970. The van der Waals surface area contributed by atoms with Crippen LogP contribution in [0.1, 0.15) is 26.7 Å². The van der Waals surface area contributed by atoms with E-state index in [0.717, 1.165) is 23.6 Å². The summed E-state index contributed by atoms with van der Waals surface area (Å²) < 4.78 is 10.9. The van der Waals surface area contributed by atoms with Crippen molar-refractivity contribution in [1.29, 1.82) is 0 Å². The standard InChI is InChI=1S/C13H19N3O2S/c1-13(2,3)14-7-5-10-15-16-12(18-10)11-9(17-4)6-8-19-11/h6,8,14H,5,7H2,1-4H3. The summed E-state index contributed by atoms with van der Waals surface area (Å²) in [6.45, 7) is 7.20. The average Bonchev–Trinajstić information content (AvgIpc) is 2.93. The summed E-state index contributed by atoms with van der Waals surface area (Å²) in [5, 5.41) is 13.5. The van der Waals surface area contributed by atoms with E-state index < -0.39 is 0 Å². The Labute approximate surface area is 117 Å². The van der Waals surface area contributed by atoms with Gasteiger partial charge in [-0.3, -0.25) is 0 Å². The fourth-order valence-corrected chi connectivity index (χ4v) is 2.38. The highest BCUT2D eigenvalue weighted by Crippen LogP contribution is 2.34. The molecule has 6 heteroatoms. The Balaban J connectivity index is 2.00. The third kappa shape index (κ3) is 3.78. The highest BCUT2D eigenvalue weighted by molar-refractivity contribution is 7.13. The van der Waals surface area contributed by atoms with Gasteiger partial charge in [-0.2, -0.15) is 0 Å². The zero-order valence-electron chi connectivity index (χ0n) is 11.7.